The van der Waals surface area contributed by atoms with Crippen LogP contribution in [-0.2, 0) is 10.3 Å². The first-order valence-electron chi connectivity index (χ1n) is 5.59. The Bertz CT molecular complexity index is 662. The number of carboxylic acid groups (broad SMARTS) is 1. The maximum atomic E-state index is 11.0. The summed E-state index contributed by atoms with van der Waals surface area (Å²) >= 11 is 0. The second kappa shape index (κ2) is 4.68. The topological polar surface area (TPSA) is 127 Å². The van der Waals surface area contributed by atoms with E-state index in [0.29, 0.717) is 5.56 Å². The molecule has 1 heterocycles. The summed E-state index contributed by atoms with van der Waals surface area (Å²) in [5.74, 6) is -1.17. The molecular formula is C11H10N5O4-. The van der Waals surface area contributed by atoms with E-state index in [1.807, 2.05) is 0 Å². The van der Waals surface area contributed by atoms with E-state index in [2.05, 4.69) is 15.4 Å². The molecule has 2 rings (SSSR count). The van der Waals surface area contributed by atoms with Gasteiger partial charge in [0.15, 0.2) is 0 Å². The van der Waals surface area contributed by atoms with E-state index in [4.69, 9.17) is 0 Å². The first-order chi connectivity index (χ1) is 9.32. The molecule has 0 amide bonds. The van der Waals surface area contributed by atoms with Gasteiger partial charge in [0, 0.05) is 17.7 Å². The third kappa shape index (κ3) is 2.32. The van der Waals surface area contributed by atoms with Gasteiger partial charge in [0.25, 0.3) is 5.69 Å². The van der Waals surface area contributed by atoms with Crippen LogP contribution in [0.4, 0.5) is 5.69 Å². The van der Waals surface area contributed by atoms with E-state index in [1.165, 1.54) is 38.1 Å². The number of nitro groups is 1. The molecule has 1 aromatic carbocycles. The molecule has 1 aromatic heterocycles. The van der Waals surface area contributed by atoms with Gasteiger partial charge in [0.2, 0.25) is 5.82 Å². The first-order valence-corrected chi connectivity index (χ1v) is 5.59. The van der Waals surface area contributed by atoms with E-state index in [0.717, 1.165) is 4.80 Å². The number of benzene rings is 1. The molecule has 0 aliphatic carbocycles. The monoisotopic (exact) mass is 276 g/mol. The molecule has 0 aliphatic rings. The Kier molecular flexibility index (Phi) is 3.18. The number of aliphatic carboxylic acids is 1. The Morgan fingerprint density at radius 3 is 2.40 bits per heavy atom. The summed E-state index contributed by atoms with van der Waals surface area (Å²) in [6.07, 6.45) is 0. The van der Waals surface area contributed by atoms with E-state index < -0.39 is 16.4 Å². The van der Waals surface area contributed by atoms with Crippen molar-refractivity contribution in [1.82, 2.24) is 20.2 Å². The largest absolute Gasteiger partial charge is 0.547 e. The van der Waals surface area contributed by atoms with Gasteiger partial charge in [-0.15, -0.1) is 10.2 Å². The van der Waals surface area contributed by atoms with Gasteiger partial charge in [-0.3, -0.25) is 10.1 Å². The summed E-state index contributed by atoms with van der Waals surface area (Å²) < 4.78 is 0. The van der Waals surface area contributed by atoms with Crippen molar-refractivity contribution in [2.45, 2.75) is 19.4 Å². The molecular weight excluding hydrogens is 266 g/mol. The van der Waals surface area contributed by atoms with Crippen LogP contribution >= 0.6 is 0 Å². The number of carbonyl (C=O) groups excluding carboxylic acids is 1. The van der Waals surface area contributed by atoms with Gasteiger partial charge in [-0.25, -0.2) is 0 Å². The Labute approximate surface area is 113 Å². The molecule has 0 unspecified atom stereocenters. The molecule has 104 valence electrons. The van der Waals surface area contributed by atoms with Crippen LogP contribution < -0.4 is 5.11 Å². The molecule has 20 heavy (non-hydrogen) atoms. The maximum absolute atomic E-state index is 11.0. The second-order valence-corrected chi connectivity index (χ2v) is 4.55. The van der Waals surface area contributed by atoms with Gasteiger partial charge >= 0.3 is 0 Å². The van der Waals surface area contributed by atoms with E-state index in [-0.39, 0.29) is 11.5 Å². The lowest BCUT2D eigenvalue weighted by Crippen LogP contribution is -2.47. The van der Waals surface area contributed by atoms with Crippen LogP contribution in [0.5, 0.6) is 0 Å². The number of carboxylic acids is 1. The number of hydrogen-bond donors (Lipinski definition) is 0. The van der Waals surface area contributed by atoms with Gasteiger partial charge in [-0.05, 0) is 31.2 Å². The Hall–Kier alpha value is -2.84. The molecule has 0 spiro atoms. The Morgan fingerprint density at radius 2 is 1.90 bits per heavy atom. The van der Waals surface area contributed by atoms with Gasteiger partial charge in [-0.1, -0.05) is 0 Å². The molecule has 0 aliphatic heterocycles. The minimum absolute atomic E-state index is 0.0591. The average molecular weight is 276 g/mol. The molecule has 0 saturated heterocycles. The van der Waals surface area contributed by atoms with Crippen molar-refractivity contribution < 1.29 is 14.8 Å². The average Bonchev–Trinajstić information content (AvgIpc) is 2.88. The summed E-state index contributed by atoms with van der Waals surface area (Å²) in [7, 11) is 0. The van der Waals surface area contributed by atoms with Crippen LogP contribution in [0.1, 0.15) is 13.8 Å². The lowest BCUT2D eigenvalue weighted by atomic mass is 10.1. The minimum atomic E-state index is -1.44. The number of hydrogen-bond acceptors (Lipinski definition) is 7. The molecule has 0 radical (unpaired) electrons. The van der Waals surface area contributed by atoms with E-state index >= 15 is 0 Å². The molecule has 9 nitrogen and oxygen atoms in total. The van der Waals surface area contributed by atoms with Crippen LogP contribution in [0, 0.1) is 10.1 Å². The highest BCUT2D eigenvalue weighted by Crippen LogP contribution is 2.20. The van der Waals surface area contributed by atoms with Crippen molar-refractivity contribution >= 4 is 11.7 Å². The van der Waals surface area contributed by atoms with Crippen molar-refractivity contribution in [2.24, 2.45) is 0 Å². The third-order valence-electron chi connectivity index (χ3n) is 2.75. The highest BCUT2D eigenvalue weighted by Gasteiger charge is 2.25. The van der Waals surface area contributed by atoms with Crippen molar-refractivity contribution in [3.63, 3.8) is 0 Å². The number of nitro benzene ring substituents is 1. The maximum Gasteiger partial charge on any atom is 0.269 e. The van der Waals surface area contributed by atoms with Crippen LogP contribution in [0.15, 0.2) is 24.3 Å². The molecule has 0 N–H and O–H groups in total. The van der Waals surface area contributed by atoms with E-state index in [1.54, 1.807) is 0 Å². The van der Waals surface area contributed by atoms with Crippen molar-refractivity contribution in [3.05, 3.63) is 34.4 Å². The lowest BCUT2D eigenvalue weighted by molar-refractivity contribution is -0.384. The van der Waals surface area contributed by atoms with Crippen LogP contribution in [-0.4, -0.2) is 31.1 Å². The third-order valence-corrected chi connectivity index (χ3v) is 2.75. The summed E-state index contributed by atoms with van der Waals surface area (Å²) in [6, 6.07) is 5.54. The van der Waals surface area contributed by atoms with Crippen LogP contribution in [0.25, 0.3) is 11.4 Å². The summed E-state index contributed by atoms with van der Waals surface area (Å²) in [4.78, 5) is 21.9. The van der Waals surface area contributed by atoms with Crippen LogP contribution in [0.3, 0.4) is 0 Å². The number of rotatable bonds is 4. The number of nitrogens with zero attached hydrogens (tertiary/aromatic N) is 5. The smallest absolute Gasteiger partial charge is 0.269 e. The molecule has 0 saturated carbocycles. The first kappa shape index (κ1) is 13.6. The van der Waals surface area contributed by atoms with Gasteiger partial charge in [0.1, 0.15) is 5.54 Å². The molecule has 2 aromatic rings. The Balaban J connectivity index is 2.34. The highest BCUT2D eigenvalue weighted by molar-refractivity contribution is 5.73. The van der Waals surface area contributed by atoms with Crippen molar-refractivity contribution in [1.29, 1.82) is 0 Å². The van der Waals surface area contributed by atoms with Gasteiger partial charge in [-0.2, -0.15) is 4.80 Å². The summed E-state index contributed by atoms with van der Waals surface area (Å²) in [6.45, 7) is 2.76. The fourth-order valence-electron chi connectivity index (χ4n) is 1.38. The molecule has 0 bridgehead atoms. The molecule has 0 fully saturated rings. The van der Waals surface area contributed by atoms with Crippen molar-refractivity contribution in [2.75, 3.05) is 0 Å². The zero-order valence-electron chi connectivity index (χ0n) is 10.7. The summed E-state index contributed by atoms with van der Waals surface area (Å²) in [5, 5.41) is 32.9. The SMILES string of the molecule is CC(C)(C(=O)[O-])n1nnc(-c2ccc([N+](=O)[O-])cc2)n1. The molecule has 9 heteroatoms. The number of non-ortho nitro benzene ring substituents is 1. The number of aromatic nitrogens is 4. The van der Waals surface area contributed by atoms with Gasteiger partial charge < -0.3 is 9.90 Å². The minimum Gasteiger partial charge on any atom is -0.547 e. The zero-order chi connectivity index (χ0) is 14.9. The van der Waals surface area contributed by atoms with Crippen LogP contribution in [0.2, 0.25) is 0 Å². The van der Waals surface area contributed by atoms with Crippen molar-refractivity contribution in [3.8, 4) is 11.4 Å². The zero-order valence-corrected chi connectivity index (χ0v) is 10.7. The molecule has 0 atom stereocenters. The van der Waals surface area contributed by atoms with E-state index in [9.17, 15) is 20.0 Å². The lowest BCUT2D eigenvalue weighted by Gasteiger charge is -2.23. The Morgan fingerprint density at radius 1 is 1.30 bits per heavy atom. The fraction of sp³-hybridized carbons (Fsp3) is 0.273. The summed E-state index contributed by atoms with van der Waals surface area (Å²) in [5.41, 5.74) is -1.00. The van der Waals surface area contributed by atoms with Gasteiger partial charge in [0.05, 0.1) is 10.9 Å². The highest BCUT2D eigenvalue weighted by atomic mass is 16.6. The quantitative estimate of drug-likeness (QED) is 0.555. The number of tetrazole rings is 1. The second-order valence-electron chi connectivity index (χ2n) is 4.55. The standard InChI is InChI=1S/C11H11N5O4/c1-11(2,10(17)18)16-13-9(12-14-16)7-3-5-8(6-4-7)15(19)20/h3-6H,1-2H3,(H,17,18)/p-1. The normalized spacial score (nSPS) is 11.3. The fourth-order valence-corrected chi connectivity index (χ4v) is 1.38. The predicted octanol–water partition coefficient (Wildman–Crippen LogP) is -0.267. The predicted molar refractivity (Wildman–Crippen MR) is 64.2 cm³/mol. The number of carbonyl (C=O) groups is 1.